The van der Waals surface area contributed by atoms with Gasteiger partial charge < -0.3 is 10.3 Å². The van der Waals surface area contributed by atoms with Crippen LogP contribution in [0.15, 0.2) is 97.2 Å². The number of fused-ring (bicyclic) bond motifs is 3. The highest BCUT2D eigenvalue weighted by molar-refractivity contribution is 5.83. The summed E-state index contributed by atoms with van der Waals surface area (Å²) in [6, 6.07) is 33.8. The van der Waals surface area contributed by atoms with Crippen molar-refractivity contribution < 1.29 is 0 Å². The molecule has 0 spiro atoms. The van der Waals surface area contributed by atoms with Crippen LogP contribution >= 0.6 is 0 Å². The van der Waals surface area contributed by atoms with E-state index >= 15 is 0 Å². The number of aromatic nitrogens is 1. The molecular formula is C31H30N2. The number of para-hydroxylation sites is 1. The Morgan fingerprint density at radius 1 is 0.818 bits per heavy atom. The molecule has 0 amide bonds. The summed E-state index contributed by atoms with van der Waals surface area (Å²) in [5.74, 6) is 0.499. The van der Waals surface area contributed by atoms with E-state index in [-0.39, 0.29) is 0 Å². The van der Waals surface area contributed by atoms with Crippen molar-refractivity contribution >= 4 is 21.7 Å². The van der Waals surface area contributed by atoms with E-state index in [0.717, 1.165) is 25.8 Å². The number of benzene rings is 4. The normalized spacial score (nSPS) is 17.9. The monoisotopic (exact) mass is 430 g/mol. The molecule has 1 heterocycles. The Balaban J connectivity index is 1.23. The zero-order chi connectivity index (χ0) is 22.0. The fourth-order valence-corrected chi connectivity index (χ4v) is 5.70. The van der Waals surface area contributed by atoms with Gasteiger partial charge in [0, 0.05) is 29.1 Å². The Morgan fingerprint density at radius 2 is 1.64 bits per heavy atom. The van der Waals surface area contributed by atoms with Crippen LogP contribution in [0, 0.1) is 0 Å². The van der Waals surface area contributed by atoms with Gasteiger partial charge in [0.05, 0.1) is 0 Å². The lowest BCUT2D eigenvalue weighted by molar-refractivity contribution is 0.387. The molecule has 0 radical (unpaired) electrons. The highest BCUT2D eigenvalue weighted by Crippen LogP contribution is 2.35. The van der Waals surface area contributed by atoms with Gasteiger partial charge in [0.2, 0.25) is 0 Å². The first-order valence-electron chi connectivity index (χ1n) is 12.2. The topological polar surface area (TPSA) is 27.8 Å². The molecule has 4 aromatic carbocycles. The molecule has 1 aliphatic carbocycles. The number of aromatic amines is 1. The van der Waals surface area contributed by atoms with E-state index in [1.54, 1.807) is 0 Å². The molecule has 0 saturated heterocycles. The van der Waals surface area contributed by atoms with Crippen molar-refractivity contribution in [1.82, 2.24) is 10.3 Å². The Labute approximate surface area is 195 Å². The maximum atomic E-state index is 3.96. The molecule has 0 aliphatic heterocycles. The van der Waals surface area contributed by atoms with Crippen LogP contribution in [0.1, 0.15) is 34.6 Å². The summed E-state index contributed by atoms with van der Waals surface area (Å²) in [5.41, 5.74) is 7.12. The van der Waals surface area contributed by atoms with Gasteiger partial charge >= 0.3 is 0 Å². The molecule has 0 unspecified atom stereocenters. The lowest BCUT2D eigenvalue weighted by atomic mass is 9.76. The Bertz CT molecular complexity index is 1400. The van der Waals surface area contributed by atoms with Crippen LogP contribution in [-0.2, 0) is 19.3 Å². The summed E-state index contributed by atoms with van der Waals surface area (Å²) in [5, 5.41) is 7.96. The van der Waals surface area contributed by atoms with Gasteiger partial charge in [-0.25, -0.2) is 0 Å². The van der Waals surface area contributed by atoms with Crippen LogP contribution < -0.4 is 5.32 Å². The molecule has 6 rings (SSSR count). The van der Waals surface area contributed by atoms with Crippen molar-refractivity contribution in [3.8, 4) is 0 Å². The van der Waals surface area contributed by atoms with Crippen LogP contribution in [0.25, 0.3) is 21.7 Å². The number of hydrogen-bond donors (Lipinski definition) is 2. The van der Waals surface area contributed by atoms with Crippen LogP contribution in [0.2, 0.25) is 0 Å². The summed E-state index contributed by atoms with van der Waals surface area (Å²) >= 11 is 0. The van der Waals surface area contributed by atoms with Crippen molar-refractivity contribution in [3.05, 3.63) is 119 Å². The van der Waals surface area contributed by atoms with Crippen LogP contribution in [-0.4, -0.2) is 17.6 Å². The first kappa shape index (κ1) is 20.3. The van der Waals surface area contributed by atoms with E-state index in [1.807, 2.05) is 0 Å². The van der Waals surface area contributed by atoms with E-state index in [0.29, 0.717) is 12.0 Å². The second kappa shape index (κ2) is 8.88. The third-order valence-corrected chi connectivity index (χ3v) is 7.41. The molecule has 0 saturated carbocycles. The van der Waals surface area contributed by atoms with Crippen molar-refractivity contribution in [3.63, 3.8) is 0 Å². The average molecular weight is 431 g/mol. The van der Waals surface area contributed by atoms with Crippen molar-refractivity contribution in [2.75, 3.05) is 6.54 Å². The molecule has 2 heteroatoms. The zero-order valence-electron chi connectivity index (χ0n) is 18.9. The minimum absolute atomic E-state index is 0.497. The molecule has 0 fully saturated rings. The molecule has 1 aromatic heterocycles. The van der Waals surface area contributed by atoms with E-state index in [4.69, 9.17) is 0 Å². The highest BCUT2D eigenvalue weighted by Gasteiger charge is 2.29. The maximum Gasteiger partial charge on any atom is 0.0456 e. The third-order valence-electron chi connectivity index (χ3n) is 7.41. The summed E-state index contributed by atoms with van der Waals surface area (Å²) in [6.07, 6.45) is 6.66. The van der Waals surface area contributed by atoms with Gasteiger partial charge in [0.1, 0.15) is 0 Å². The van der Waals surface area contributed by atoms with Crippen LogP contribution in [0.4, 0.5) is 0 Å². The predicted molar refractivity (Wildman–Crippen MR) is 139 cm³/mol. The molecule has 2 nitrogen and oxygen atoms in total. The molecule has 5 aromatic rings. The van der Waals surface area contributed by atoms with Crippen molar-refractivity contribution in [2.45, 2.75) is 37.6 Å². The quantitative estimate of drug-likeness (QED) is 0.305. The lowest BCUT2D eigenvalue weighted by Gasteiger charge is -2.35. The lowest BCUT2D eigenvalue weighted by Crippen LogP contribution is -2.40. The average Bonchev–Trinajstić information content (AvgIpc) is 3.28. The largest absolute Gasteiger partial charge is 0.361 e. The molecule has 0 bridgehead atoms. The standard InChI is InChI=1S/C31H30N2/c1-2-9-25-19-22(13-14-23(25)7-1)20-29-27-10-4-3-8-24(27)15-16-31(29)32-18-17-26-21-33-30-12-6-5-11-28(26)30/h1-14,19,21,29,31-33H,15-18,20H2/t29-,31+/m1/s1. The summed E-state index contributed by atoms with van der Waals surface area (Å²) in [4.78, 5) is 3.42. The van der Waals surface area contributed by atoms with Gasteiger partial charge in [0.15, 0.2) is 0 Å². The van der Waals surface area contributed by atoms with Gasteiger partial charge in [-0.15, -0.1) is 0 Å². The van der Waals surface area contributed by atoms with Gasteiger partial charge in [0.25, 0.3) is 0 Å². The SMILES string of the molecule is c1ccc2c(c1)CC[C@H](NCCc1c[nH]c3ccccc13)[C@@H]2Cc1ccc2ccccc2c1. The Morgan fingerprint density at radius 3 is 2.61 bits per heavy atom. The van der Waals surface area contributed by atoms with Gasteiger partial charge in [-0.05, 0) is 71.3 Å². The molecular weight excluding hydrogens is 400 g/mol. The van der Waals surface area contributed by atoms with Crippen molar-refractivity contribution in [1.29, 1.82) is 0 Å². The third kappa shape index (κ3) is 4.07. The minimum Gasteiger partial charge on any atom is -0.361 e. The number of H-pyrrole nitrogens is 1. The van der Waals surface area contributed by atoms with Crippen LogP contribution in [0.5, 0.6) is 0 Å². The molecule has 2 N–H and O–H groups in total. The number of nitrogens with one attached hydrogen (secondary N) is 2. The maximum absolute atomic E-state index is 3.96. The number of rotatable bonds is 6. The van der Waals surface area contributed by atoms with E-state index in [2.05, 4.69) is 107 Å². The number of hydrogen-bond acceptors (Lipinski definition) is 1. The highest BCUT2D eigenvalue weighted by atomic mass is 14.9. The predicted octanol–water partition coefficient (Wildman–Crippen LogP) is 6.79. The van der Waals surface area contributed by atoms with Gasteiger partial charge in [-0.3, -0.25) is 0 Å². The minimum atomic E-state index is 0.497. The van der Waals surface area contributed by atoms with E-state index < -0.39 is 0 Å². The van der Waals surface area contributed by atoms with Gasteiger partial charge in [-0.1, -0.05) is 84.9 Å². The summed E-state index contributed by atoms with van der Waals surface area (Å²) in [6.45, 7) is 1.00. The second-order valence-electron chi connectivity index (χ2n) is 9.40. The van der Waals surface area contributed by atoms with Crippen molar-refractivity contribution in [2.24, 2.45) is 0 Å². The first-order chi connectivity index (χ1) is 16.3. The Kier molecular flexibility index (Phi) is 5.45. The summed E-state index contributed by atoms with van der Waals surface area (Å²) < 4.78 is 0. The molecule has 1 aliphatic rings. The fourth-order valence-electron chi connectivity index (χ4n) is 5.70. The van der Waals surface area contributed by atoms with Crippen LogP contribution in [0.3, 0.4) is 0 Å². The second-order valence-corrected chi connectivity index (χ2v) is 9.40. The van der Waals surface area contributed by atoms with Gasteiger partial charge in [-0.2, -0.15) is 0 Å². The summed E-state index contributed by atoms with van der Waals surface area (Å²) in [7, 11) is 0. The van der Waals surface area contributed by atoms with E-state index in [9.17, 15) is 0 Å². The molecule has 33 heavy (non-hydrogen) atoms. The Hall–Kier alpha value is -3.36. The molecule has 164 valence electrons. The first-order valence-corrected chi connectivity index (χ1v) is 12.2. The molecule has 2 atom stereocenters. The fraction of sp³-hybridized carbons (Fsp3) is 0.226. The van der Waals surface area contributed by atoms with E-state index in [1.165, 1.54) is 50.4 Å². The zero-order valence-corrected chi connectivity index (χ0v) is 18.9. The number of aryl methyl sites for hydroxylation is 1. The smallest absolute Gasteiger partial charge is 0.0456 e.